The van der Waals surface area contributed by atoms with Gasteiger partial charge in [0, 0.05) is 12.1 Å². The summed E-state index contributed by atoms with van der Waals surface area (Å²) < 4.78 is 10.6. The predicted octanol–water partition coefficient (Wildman–Crippen LogP) is 3.13. The minimum atomic E-state index is -0.364. The van der Waals surface area contributed by atoms with Crippen molar-refractivity contribution in [2.75, 3.05) is 32.6 Å². The number of benzene rings is 2. The standard InChI is InChI=1S/C19H21ClN2O4/c1-13-5-4-6-15(9-13)26-12-19(24)22(2)11-18(23)21-16-10-14(20)7-8-17(16)25-3/h4-10H,11-12H2,1-3H3,(H,21,23). The molecule has 0 heterocycles. The van der Waals surface area contributed by atoms with Crippen LogP contribution in [0.3, 0.4) is 0 Å². The van der Waals surface area contributed by atoms with Crippen molar-refractivity contribution in [1.82, 2.24) is 4.90 Å². The Bertz CT molecular complexity index is 795. The van der Waals surface area contributed by atoms with E-state index in [1.165, 1.54) is 19.1 Å². The molecule has 0 aliphatic heterocycles. The molecule has 6 nitrogen and oxygen atoms in total. The van der Waals surface area contributed by atoms with Gasteiger partial charge in [-0.3, -0.25) is 9.59 Å². The molecule has 0 unspecified atom stereocenters. The number of halogens is 1. The van der Waals surface area contributed by atoms with Crippen LogP contribution in [0.15, 0.2) is 42.5 Å². The zero-order valence-corrected chi connectivity index (χ0v) is 15.7. The number of aryl methyl sites for hydroxylation is 1. The molecule has 138 valence electrons. The number of hydrogen-bond donors (Lipinski definition) is 1. The SMILES string of the molecule is COc1ccc(Cl)cc1NC(=O)CN(C)C(=O)COc1cccc(C)c1. The molecule has 0 radical (unpaired) electrons. The van der Waals surface area contributed by atoms with Crippen LogP contribution < -0.4 is 14.8 Å². The van der Waals surface area contributed by atoms with Gasteiger partial charge < -0.3 is 19.7 Å². The predicted molar refractivity (Wildman–Crippen MR) is 101 cm³/mol. The van der Waals surface area contributed by atoms with Gasteiger partial charge in [0.05, 0.1) is 19.3 Å². The Morgan fingerprint density at radius 2 is 1.96 bits per heavy atom. The molecular formula is C19H21ClN2O4. The number of ether oxygens (including phenoxy) is 2. The summed E-state index contributed by atoms with van der Waals surface area (Å²) in [4.78, 5) is 25.6. The summed E-state index contributed by atoms with van der Waals surface area (Å²) in [6, 6.07) is 12.3. The van der Waals surface area contributed by atoms with E-state index in [0.717, 1.165) is 5.56 Å². The molecule has 0 spiro atoms. The molecule has 2 amide bonds. The molecule has 1 N–H and O–H groups in total. The molecule has 26 heavy (non-hydrogen) atoms. The van der Waals surface area contributed by atoms with Gasteiger partial charge in [0.2, 0.25) is 5.91 Å². The summed E-state index contributed by atoms with van der Waals surface area (Å²) in [5, 5.41) is 3.16. The molecule has 0 aromatic heterocycles. The van der Waals surface area contributed by atoms with Crippen LogP contribution in [0.4, 0.5) is 5.69 Å². The lowest BCUT2D eigenvalue weighted by molar-refractivity contribution is -0.135. The molecule has 0 fully saturated rings. The third kappa shape index (κ3) is 5.67. The van der Waals surface area contributed by atoms with Crippen molar-refractivity contribution in [3.05, 3.63) is 53.1 Å². The second-order valence-electron chi connectivity index (χ2n) is 5.75. The summed E-state index contributed by atoms with van der Waals surface area (Å²) >= 11 is 5.94. The van der Waals surface area contributed by atoms with Crippen LogP contribution in [-0.4, -0.2) is 44.0 Å². The van der Waals surface area contributed by atoms with Gasteiger partial charge in [0.15, 0.2) is 6.61 Å². The first-order chi connectivity index (χ1) is 12.4. The summed E-state index contributed by atoms with van der Waals surface area (Å²) in [5.74, 6) is 0.427. The molecule has 2 rings (SSSR count). The van der Waals surface area contributed by atoms with Crippen LogP contribution in [0, 0.1) is 6.92 Å². The Labute approximate surface area is 157 Å². The molecule has 0 bridgehead atoms. The maximum Gasteiger partial charge on any atom is 0.260 e. The molecule has 0 saturated carbocycles. The normalized spacial score (nSPS) is 10.2. The maximum absolute atomic E-state index is 12.2. The smallest absolute Gasteiger partial charge is 0.260 e. The first-order valence-corrected chi connectivity index (χ1v) is 8.33. The van der Waals surface area contributed by atoms with Crippen LogP contribution >= 0.6 is 11.6 Å². The van der Waals surface area contributed by atoms with E-state index in [-0.39, 0.29) is 25.0 Å². The van der Waals surface area contributed by atoms with Crippen LogP contribution in [0.25, 0.3) is 0 Å². The summed E-state index contributed by atoms with van der Waals surface area (Å²) in [6.45, 7) is 1.68. The van der Waals surface area contributed by atoms with Gasteiger partial charge in [-0.2, -0.15) is 0 Å². The number of methoxy groups -OCH3 is 1. The highest BCUT2D eigenvalue weighted by atomic mass is 35.5. The molecule has 7 heteroatoms. The van der Waals surface area contributed by atoms with Crippen molar-refractivity contribution < 1.29 is 19.1 Å². The van der Waals surface area contributed by atoms with Gasteiger partial charge in [0.1, 0.15) is 11.5 Å². The van der Waals surface area contributed by atoms with E-state index >= 15 is 0 Å². The highest BCUT2D eigenvalue weighted by Gasteiger charge is 2.15. The minimum absolute atomic E-state index is 0.119. The lowest BCUT2D eigenvalue weighted by atomic mass is 10.2. The topological polar surface area (TPSA) is 67.9 Å². The molecule has 0 aliphatic rings. The Balaban J connectivity index is 1.88. The fourth-order valence-corrected chi connectivity index (χ4v) is 2.40. The largest absolute Gasteiger partial charge is 0.495 e. The number of amides is 2. The van der Waals surface area contributed by atoms with E-state index in [4.69, 9.17) is 21.1 Å². The van der Waals surface area contributed by atoms with Crippen LogP contribution in [0.1, 0.15) is 5.56 Å². The number of anilines is 1. The molecule has 0 atom stereocenters. The number of likely N-dealkylation sites (N-methyl/N-ethyl adjacent to an activating group) is 1. The Hall–Kier alpha value is -2.73. The summed E-state index contributed by atoms with van der Waals surface area (Å²) in [7, 11) is 3.04. The fourth-order valence-electron chi connectivity index (χ4n) is 2.23. The number of rotatable bonds is 7. The monoisotopic (exact) mass is 376 g/mol. The number of carbonyl (C=O) groups excluding carboxylic acids is 2. The van der Waals surface area contributed by atoms with E-state index in [2.05, 4.69) is 5.32 Å². The van der Waals surface area contributed by atoms with Gasteiger partial charge in [-0.15, -0.1) is 0 Å². The Morgan fingerprint density at radius 3 is 2.65 bits per heavy atom. The number of carbonyl (C=O) groups is 2. The lowest BCUT2D eigenvalue weighted by Gasteiger charge is -2.18. The number of hydrogen-bond acceptors (Lipinski definition) is 4. The Morgan fingerprint density at radius 1 is 1.19 bits per heavy atom. The average molecular weight is 377 g/mol. The molecule has 0 aliphatic carbocycles. The molecule has 0 saturated heterocycles. The highest BCUT2D eigenvalue weighted by Crippen LogP contribution is 2.27. The van der Waals surface area contributed by atoms with Crippen molar-refractivity contribution in [3.63, 3.8) is 0 Å². The first kappa shape index (κ1) is 19.6. The van der Waals surface area contributed by atoms with Gasteiger partial charge in [-0.25, -0.2) is 0 Å². The van der Waals surface area contributed by atoms with Crippen LogP contribution in [0.2, 0.25) is 5.02 Å². The minimum Gasteiger partial charge on any atom is -0.495 e. The second kappa shape index (κ2) is 9.10. The maximum atomic E-state index is 12.2. The van der Waals surface area contributed by atoms with E-state index < -0.39 is 0 Å². The van der Waals surface area contributed by atoms with Crippen molar-refractivity contribution in [2.24, 2.45) is 0 Å². The van der Waals surface area contributed by atoms with Crippen molar-refractivity contribution in [3.8, 4) is 11.5 Å². The van der Waals surface area contributed by atoms with Gasteiger partial charge in [-0.1, -0.05) is 23.7 Å². The van der Waals surface area contributed by atoms with Crippen molar-refractivity contribution in [1.29, 1.82) is 0 Å². The summed E-state index contributed by atoms with van der Waals surface area (Å²) in [6.07, 6.45) is 0. The van der Waals surface area contributed by atoms with Crippen LogP contribution in [0.5, 0.6) is 11.5 Å². The first-order valence-electron chi connectivity index (χ1n) is 7.96. The Kier molecular flexibility index (Phi) is 6.86. The molecule has 2 aromatic rings. The van der Waals surface area contributed by atoms with Gasteiger partial charge in [0.25, 0.3) is 5.91 Å². The second-order valence-corrected chi connectivity index (χ2v) is 6.18. The summed E-state index contributed by atoms with van der Waals surface area (Å²) in [5.41, 5.74) is 1.49. The third-order valence-corrected chi connectivity index (χ3v) is 3.83. The van der Waals surface area contributed by atoms with E-state index in [9.17, 15) is 9.59 Å². The average Bonchev–Trinajstić information content (AvgIpc) is 2.59. The number of nitrogens with zero attached hydrogens (tertiary/aromatic N) is 1. The van der Waals surface area contributed by atoms with Crippen molar-refractivity contribution in [2.45, 2.75) is 6.92 Å². The van der Waals surface area contributed by atoms with E-state index in [1.54, 1.807) is 24.3 Å². The zero-order valence-electron chi connectivity index (χ0n) is 14.9. The zero-order chi connectivity index (χ0) is 19.1. The van der Waals surface area contributed by atoms with Gasteiger partial charge >= 0.3 is 0 Å². The fraction of sp³-hybridized carbons (Fsp3) is 0.263. The van der Waals surface area contributed by atoms with Gasteiger partial charge in [-0.05, 0) is 42.8 Å². The highest BCUT2D eigenvalue weighted by molar-refractivity contribution is 6.31. The molecular weight excluding hydrogens is 356 g/mol. The lowest BCUT2D eigenvalue weighted by Crippen LogP contribution is -2.37. The van der Waals surface area contributed by atoms with E-state index in [0.29, 0.717) is 22.2 Å². The van der Waals surface area contributed by atoms with E-state index in [1.807, 2.05) is 25.1 Å². The quantitative estimate of drug-likeness (QED) is 0.806. The molecule has 2 aromatic carbocycles. The third-order valence-electron chi connectivity index (χ3n) is 3.59. The van der Waals surface area contributed by atoms with Crippen LogP contribution in [-0.2, 0) is 9.59 Å². The van der Waals surface area contributed by atoms with Crippen molar-refractivity contribution >= 4 is 29.1 Å². The number of nitrogens with one attached hydrogen (secondary N) is 1.